The van der Waals surface area contributed by atoms with Gasteiger partial charge in [0.1, 0.15) is 29.6 Å². The smallest absolute Gasteiger partial charge is 0.240 e. The van der Waals surface area contributed by atoms with E-state index in [-0.39, 0.29) is 30.2 Å². The van der Waals surface area contributed by atoms with Gasteiger partial charge in [0.25, 0.3) is 0 Å². The van der Waals surface area contributed by atoms with Crippen LogP contribution in [0.4, 0.5) is 5.82 Å². The molecule has 1 N–H and O–H groups in total. The number of rotatable bonds is 10. The molecule has 46 heavy (non-hydrogen) atoms. The molecule has 3 heterocycles. The number of halogens is 1. The number of amides is 2. The lowest BCUT2D eigenvalue weighted by Gasteiger charge is -2.24. The van der Waals surface area contributed by atoms with Crippen LogP contribution in [0, 0.1) is 0 Å². The van der Waals surface area contributed by atoms with Crippen molar-refractivity contribution in [2.75, 3.05) is 51.7 Å². The molecule has 2 amide bonds. The lowest BCUT2D eigenvalue weighted by Crippen LogP contribution is -2.44. The Morgan fingerprint density at radius 3 is 2.43 bits per heavy atom. The lowest BCUT2D eigenvalue weighted by atomic mass is 9.98. The molecule has 0 unspecified atom stereocenters. The van der Waals surface area contributed by atoms with Crippen molar-refractivity contribution in [3.8, 4) is 34.2 Å². The summed E-state index contributed by atoms with van der Waals surface area (Å²) in [6.07, 6.45) is 1.83. The van der Waals surface area contributed by atoms with Crippen LogP contribution >= 0.6 is 23.4 Å². The number of carbonyl (C=O) groups is 2. The topological polar surface area (TPSA) is 104 Å². The van der Waals surface area contributed by atoms with Gasteiger partial charge in [-0.05, 0) is 67.4 Å². The SMILES string of the molecule is COc1ccc(-n2nc(-c3ccc(Cl)cc3)c3c2N(CC(=O)NC[C@@H]2CCCO2)C(=O)CS[C@@H]3c2cc(OC)ccc2OC)cc1. The highest BCUT2D eigenvalue weighted by Gasteiger charge is 2.39. The molecule has 240 valence electrons. The Labute approximate surface area is 276 Å². The van der Waals surface area contributed by atoms with Crippen LogP contribution in [0.5, 0.6) is 17.2 Å². The van der Waals surface area contributed by atoms with Gasteiger partial charge in [-0.1, -0.05) is 23.7 Å². The second-order valence-corrected chi connectivity index (χ2v) is 12.5. The van der Waals surface area contributed by atoms with Crippen LogP contribution in [0.2, 0.25) is 5.02 Å². The van der Waals surface area contributed by atoms with Crippen molar-refractivity contribution in [2.45, 2.75) is 24.2 Å². The lowest BCUT2D eigenvalue weighted by molar-refractivity contribution is -0.123. The van der Waals surface area contributed by atoms with E-state index in [1.807, 2.05) is 66.7 Å². The molecule has 0 aliphatic carbocycles. The molecule has 2 aliphatic rings. The van der Waals surface area contributed by atoms with Gasteiger partial charge in [0.15, 0.2) is 0 Å². The van der Waals surface area contributed by atoms with E-state index in [9.17, 15) is 9.59 Å². The largest absolute Gasteiger partial charge is 0.497 e. The third-order valence-corrected chi connectivity index (χ3v) is 9.58. The summed E-state index contributed by atoms with van der Waals surface area (Å²) in [4.78, 5) is 29.1. The van der Waals surface area contributed by atoms with Crippen LogP contribution in [-0.2, 0) is 14.3 Å². The Morgan fingerprint density at radius 1 is 1.02 bits per heavy atom. The summed E-state index contributed by atoms with van der Waals surface area (Å²) in [5.74, 6) is 2.06. The molecule has 6 rings (SSSR count). The third kappa shape index (κ3) is 6.53. The summed E-state index contributed by atoms with van der Waals surface area (Å²) >= 11 is 7.74. The van der Waals surface area contributed by atoms with Gasteiger partial charge in [0.2, 0.25) is 11.8 Å². The van der Waals surface area contributed by atoms with Crippen LogP contribution in [0.25, 0.3) is 16.9 Å². The van der Waals surface area contributed by atoms with Crippen LogP contribution < -0.4 is 24.4 Å². The van der Waals surface area contributed by atoms with Gasteiger partial charge in [0.05, 0.1) is 49.8 Å². The molecule has 0 saturated carbocycles. The molecule has 12 heteroatoms. The van der Waals surface area contributed by atoms with E-state index < -0.39 is 5.25 Å². The first kappa shape index (κ1) is 31.8. The Balaban J connectivity index is 1.56. The quantitative estimate of drug-likeness (QED) is 0.231. The standard InChI is InChI=1S/C34H35ClN4O6S/c1-42-24-12-10-23(11-13-24)39-34-31(32(37-39)21-6-8-22(35)9-7-21)33(27-17-25(43-2)14-15-28(27)44-3)46-20-30(41)38(34)19-29(40)36-18-26-5-4-16-45-26/h6-15,17,26,33H,4-5,16,18-20H2,1-3H3,(H,36,40)/t26-,33+/m0/s1. The fourth-order valence-corrected chi connectivity index (χ4v) is 7.10. The molecule has 1 fully saturated rings. The number of thioether (sulfide) groups is 1. The van der Waals surface area contributed by atoms with E-state index in [0.29, 0.717) is 52.6 Å². The van der Waals surface area contributed by atoms with Crippen molar-refractivity contribution < 1.29 is 28.5 Å². The molecule has 4 aromatic rings. The van der Waals surface area contributed by atoms with Crippen LogP contribution in [-0.4, -0.2) is 74.5 Å². The molecule has 0 radical (unpaired) electrons. The van der Waals surface area contributed by atoms with Crippen molar-refractivity contribution in [3.05, 3.63) is 82.9 Å². The maximum atomic E-state index is 14.1. The average molecular weight is 663 g/mol. The summed E-state index contributed by atoms with van der Waals surface area (Å²) < 4.78 is 24.3. The van der Waals surface area contributed by atoms with Crippen LogP contribution in [0.1, 0.15) is 29.2 Å². The van der Waals surface area contributed by atoms with Gasteiger partial charge < -0.3 is 24.3 Å². The predicted molar refractivity (Wildman–Crippen MR) is 179 cm³/mol. The van der Waals surface area contributed by atoms with E-state index in [1.165, 1.54) is 16.7 Å². The first-order valence-electron chi connectivity index (χ1n) is 15.0. The Bertz CT molecular complexity index is 1710. The molecule has 1 saturated heterocycles. The fraction of sp³-hybridized carbons (Fsp3) is 0.324. The van der Waals surface area contributed by atoms with E-state index in [4.69, 9.17) is 35.6 Å². The molecule has 2 aliphatic heterocycles. The predicted octanol–water partition coefficient (Wildman–Crippen LogP) is 5.68. The molecule has 10 nitrogen and oxygen atoms in total. The zero-order valence-corrected chi connectivity index (χ0v) is 27.4. The number of aromatic nitrogens is 2. The zero-order chi connectivity index (χ0) is 32.2. The number of ether oxygens (including phenoxy) is 4. The monoisotopic (exact) mass is 662 g/mol. The number of nitrogens with one attached hydrogen (secondary N) is 1. The Morgan fingerprint density at radius 2 is 1.76 bits per heavy atom. The Hall–Kier alpha value is -4.19. The number of nitrogens with zero attached hydrogens (tertiary/aromatic N) is 3. The van der Waals surface area contributed by atoms with E-state index in [0.717, 1.165) is 29.5 Å². The molecule has 1 aromatic heterocycles. The van der Waals surface area contributed by atoms with Crippen LogP contribution in [0.15, 0.2) is 66.7 Å². The van der Waals surface area contributed by atoms with Gasteiger partial charge in [0, 0.05) is 34.9 Å². The number of fused-ring (bicyclic) bond motifs is 1. The third-order valence-electron chi connectivity index (χ3n) is 8.10. The van der Waals surface area contributed by atoms with Crippen molar-refractivity contribution in [2.24, 2.45) is 0 Å². The highest BCUT2D eigenvalue weighted by Crippen LogP contribution is 2.51. The van der Waals surface area contributed by atoms with E-state index >= 15 is 0 Å². The highest BCUT2D eigenvalue weighted by atomic mass is 35.5. The van der Waals surface area contributed by atoms with Gasteiger partial charge >= 0.3 is 0 Å². The number of hydrogen-bond acceptors (Lipinski definition) is 8. The molecule has 2 atom stereocenters. The second-order valence-electron chi connectivity index (χ2n) is 10.9. The van der Waals surface area contributed by atoms with Gasteiger partial charge in [-0.2, -0.15) is 5.10 Å². The number of benzene rings is 3. The van der Waals surface area contributed by atoms with Crippen molar-refractivity contribution in [3.63, 3.8) is 0 Å². The highest BCUT2D eigenvalue weighted by molar-refractivity contribution is 8.00. The normalized spacial score (nSPS) is 17.7. The number of methoxy groups -OCH3 is 3. The van der Waals surface area contributed by atoms with Crippen molar-refractivity contribution in [1.82, 2.24) is 15.1 Å². The van der Waals surface area contributed by atoms with Gasteiger partial charge in [-0.15, -0.1) is 11.8 Å². The molecule has 0 spiro atoms. The summed E-state index contributed by atoms with van der Waals surface area (Å²) in [5, 5.41) is 8.28. The maximum absolute atomic E-state index is 14.1. The minimum Gasteiger partial charge on any atom is -0.497 e. The molecular formula is C34H35ClN4O6S. The van der Waals surface area contributed by atoms with Gasteiger partial charge in [-0.25, -0.2) is 4.68 Å². The zero-order valence-electron chi connectivity index (χ0n) is 25.8. The van der Waals surface area contributed by atoms with Crippen LogP contribution in [0.3, 0.4) is 0 Å². The first-order valence-corrected chi connectivity index (χ1v) is 16.4. The van der Waals surface area contributed by atoms with Gasteiger partial charge in [-0.3, -0.25) is 14.5 Å². The Kier molecular flexibility index (Phi) is 9.72. The number of hydrogen-bond donors (Lipinski definition) is 1. The van der Waals surface area contributed by atoms with Crippen molar-refractivity contribution in [1.29, 1.82) is 0 Å². The summed E-state index contributed by atoms with van der Waals surface area (Å²) in [6.45, 7) is 0.887. The van der Waals surface area contributed by atoms with E-state index in [2.05, 4.69) is 5.32 Å². The fourth-order valence-electron chi connectivity index (χ4n) is 5.77. The first-order chi connectivity index (χ1) is 22.4. The molecule has 0 bridgehead atoms. The summed E-state index contributed by atoms with van der Waals surface area (Å²) in [5.41, 5.74) is 3.71. The molecular weight excluding hydrogens is 628 g/mol. The van der Waals surface area contributed by atoms with E-state index in [1.54, 1.807) is 26.0 Å². The maximum Gasteiger partial charge on any atom is 0.240 e. The minimum atomic E-state index is -0.415. The van der Waals surface area contributed by atoms with Crippen molar-refractivity contribution >= 4 is 41.0 Å². The number of carbonyl (C=O) groups excluding carboxylic acids is 2. The number of anilines is 1. The summed E-state index contributed by atoms with van der Waals surface area (Å²) in [6, 6.07) is 20.4. The minimum absolute atomic E-state index is 0.0267. The second kappa shape index (κ2) is 14.1. The summed E-state index contributed by atoms with van der Waals surface area (Å²) in [7, 11) is 4.83. The molecule has 3 aromatic carbocycles. The average Bonchev–Trinajstić information content (AvgIpc) is 3.72.